The molecule has 3 heterocycles. The van der Waals surface area contributed by atoms with E-state index < -0.39 is 17.8 Å². The topological polar surface area (TPSA) is 93.7 Å². The van der Waals surface area contributed by atoms with Crippen molar-refractivity contribution in [2.75, 3.05) is 13.1 Å². The minimum absolute atomic E-state index is 0.164. The predicted octanol–water partition coefficient (Wildman–Crippen LogP) is 2.04. The number of rotatable bonds is 5. The third kappa shape index (κ3) is 4.14. The van der Waals surface area contributed by atoms with Gasteiger partial charge >= 0.3 is 12.1 Å². The Hall–Kier alpha value is -3.76. The third-order valence-electron chi connectivity index (χ3n) is 4.36. The van der Waals surface area contributed by atoms with Gasteiger partial charge in [0.05, 0.1) is 25.0 Å². The largest absolute Gasteiger partial charge is 0.573 e. The molecule has 2 N–H and O–H groups in total. The Morgan fingerprint density at radius 1 is 1.20 bits per heavy atom. The number of ether oxygens (including phenoxy) is 1. The van der Waals surface area contributed by atoms with Gasteiger partial charge in [-0.3, -0.25) is 14.5 Å². The lowest BCUT2D eigenvalue weighted by atomic mass is 10.2. The quantitative estimate of drug-likeness (QED) is 0.660. The van der Waals surface area contributed by atoms with E-state index in [0.717, 1.165) is 28.8 Å². The van der Waals surface area contributed by atoms with E-state index in [2.05, 4.69) is 20.0 Å². The fraction of sp³-hybridized carbons (Fsp3) is 0.211. The molecule has 1 aliphatic rings. The second-order valence-electron chi connectivity index (χ2n) is 6.48. The van der Waals surface area contributed by atoms with Gasteiger partial charge in [-0.15, -0.1) is 13.2 Å². The van der Waals surface area contributed by atoms with E-state index in [0.29, 0.717) is 18.1 Å². The summed E-state index contributed by atoms with van der Waals surface area (Å²) in [4.78, 5) is 21.3. The van der Waals surface area contributed by atoms with Crippen LogP contribution in [0.3, 0.4) is 0 Å². The molecule has 0 aliphatic carbocycles. The lowest BCUT2D eigenvalue weighted by molar-refractivity contribution is -0.274. The van der Waals surface area contributed by atoms with Gasteiger partial charge in [-0.1, -0.05) is 0 Å². The standard InChI is InChI=1S/C19H16F3N5O3/c20-19(21,22)30-14-3-1-13(2-4-14)27-16(28)11-26(18(27)29)10-12-5-6-23-15(9-12)17-24-7-8-25-17/h1-6,9,11,28H,7-8,10H2,(H,24,25). The van der Waals surface area contributed by atoms with E-state index in [4.69, 9.17) is 0 Å². The van der Waals surface area contributed by atoms with Crippen LogP contribution in [-0.2, 0) is 6.54 Å². The van der Waals surface area contributed by atoms with Crippen molar-refractivity contribution >= 4 is 5.84 Å². The summed E-state index contributed by atoms with van der Waals surface area (Å²) in [6.07, 6.45) is -1.95. The van der Waals surface area contributed by atoms with Gasteiger partial charge in [0.2, 0.25) is 5.88 Å². The maximum Gasteiger partial charge on any atom is 0.573 e. The van der Waals surface area contributed by atoms with E-state index >= 15 is 0 Å². The van der Waals surface area contributed by atoms with Crippen LogP contribution in [0.25, 0.3) is 5.69 Å². The lowest BCUT2D eigenvalue weighted by Crippen LogP contribution is -2.24. The highest BCUT2D eigenvalue weighted by Crippen LogP contribution is 2.24. The molecule has 1 aliphatic heterocycles. The highest BCUT2D eigenvalue weighted by atomic mass is 19.4. The smallest absolute Gasteiger partial charge is 0.493 e. The first-order chi connectivity index (χ1) is 14.3. The number of hydrogen-bond donors (Lipinski definition) is 2. The zero-order valence-corrected chi connectivity index (χ0v) is 15.4. The predicted molar refractivity (Wildman–Crippen MR) is 101 cm³/mol. The summed E-state index contributed by atoms with van der Waals surface area (Å²) in [5, 5.41) is 13.3. The molecule has 0 saturated carbocycles. The molecule has 30 heavy (non-hydrogen) atoms. The molecule has 1 aromatic carbocycles. The molecular weight excluding hydrogens is 403 g/mol. The number of alkyl halides is 3. The molecule has 11 heteroatoms. The third-order valence-corrected chi connectivity index (χ3v) is 4.36. The van der Waals surface area contributed by atoms with E-state index in [1.54, 1.807) is 18.3 Å². The summed E-state index contributed by atoms with van der Waals surface area (Å²) >= 11 is 0. The summed E-state index contributed by atoms with van der Waals surface area (Å²) in [6, 6.07) is 8.17. The van der Waals surface area contributed by atoms with Gasteiger partial charge in [0.1, 0.15) is 17.3 Å². The van der Waals surface area contributed by atoms with Crippen LogP contribution in [0.5, 0.6) is 11.6 Å². The van der Waals surface area contributed by atoms with Crippen LogP contribution in [0.15, 0.2) is 58.6 Å². The van der Waals surface area contributed by atoms with Gasteiger partial charge in [0, 0.05) is 12.7 Å². The molecule has 3 aromatic rings. The normalized spacial score (nSPS) is 13.8. The van der Waals surface area contributed by atoms with Gasteiger partial charge < -0.3 is 15.2 Å². The SMILES string of the molecule is O=c1n(Cc2ccnc(C3=NCCN3)c2)cc(O)n1-c1ccc(OC(F)(F)F)cc1. The number of hydrogen-bond acceptors (Lipinski definition) is 6. The Morgan fingerprint density at radius 2 is 1.97 bits per heavy atom. The Balaban J connectivity index is 1.59. The zero-order valence-electron chi connectivity index (χ0n) is 15.4. The van der Waals surface area contributed by atoms with Crippen molar-refractivity contribution < 1.29 is 23.0 Å². The summed E-state index contributed by atoms with van der Waals surface area (Å²) in [5.74, 6) is -0.0858. The Labute approximate surface area is 167 Å². The van der Waals surface area contributed by atoms with Gasteiger partial charge in [-0.05, 0) is 42.0 Å². The molecule has 0 saturated heterocycles. The Kier molecular flexibility index (Phi) is 4.94. The number of amidine groups is 1. The maximum atomic E-state index is 12.8. The number of halogens is 3. The maximum absolute atomic E-state index is 12.8. The number of pyridine rings is 1. The van der Waals surface area contributed by atoms with Crippen LogP contribution in [0.2, 0.25) is 0 Å². The van der Waals surface area contributed by atoms with Crippen LogP contribution >= 0.6 is 0 Å². The number of aliphatic imine (C=N–C) groups is 1. The summed E-state index contributed by atoms with van der Waals surface area (Å²) < 4.78 is 43.0. The van der Waals surface area contributed by atoms with Crippen molar-refractivity contribution in [1.29, 1.82) is 0 Å². The first-order valence-corrected chi connectivity index (χ1v) is 8.91. The summed E-state index contributed by atoms with van der Waals surface area (Å²) in [5.41, 5.74) is 1.07. The molecular formula is C19H16F3N5O3. The van der Waals surface area contributed by atoms with Crippen LogP contribution < -0.4 is 15.7 Å². The Bertz CT molecular complexity index is 1150. The van der Waals surface area contributed by atoms with Crippen molar-refractivity contribution in [1.82, 2.24) is 19.4 Å². The van der Waals surface area contributed by atoms with Gasteiger partial charge in [-0.2, -0.15) is 0 Å². The van der Waals surface area contributed by atoms with Crippen molar-refractivity contribution in [2.45, 2.75) is 12.9 Å². The molecule has 0 spiro atoms. The minimum atomic E-state index is -4.81. The molecule has 156 valence electrons. The monoisotopic (exact) mass is 419 g/mol. The molecule has 0 bridgehead atoms. The lowest BCUT2D eigenvalue weighted by Gasteiger charge is -2.09. The molecule has 8 nitrogen and oxygen atoms in total. The number of aromatic hydroxyl groups is 1. The highest BCUT2D eigenvalue weighted by Gasteiger charge is 2.31. The van der Waals surface area contributed by atoms with E-state index in [9.17, 15) is 23.1 Å². The van der Waals surface area contributed by atoms with Crippen molar-refractivity contribution in [3.05, 3.63) is 70.5 Å². The second-order valence-corrected chi connectivity index (χ2v) is 6.48. The summed E-state index contributed by atoms with van der Waals surface area (Å²) in [7, 11) is 0. The zero-order chi connectivity index (χ0) is 21.3. The van der Waals surface area contributed by atoms with Crippen molar-refractivity contribution in [3.63, 3.8) is 0 Å². The fourth-order valence-corrected chi connectivity index (χ4v) is 3.10. The van der Waals surface area contributed by atoms with E-state index in [1.165, 1.54) is 22.9 Å². The molecule has 0 amide bonds. The average molecular weight is 419 g/mol. The first-order valence-electron chi connectivity index (χ1n) is 8.91. The number of benzene rings is 1. The highest BCUT2D eigenvalue weighted by molar-refractivity contribution is 5.98. The number of nitrogens with zero attached hydrogens (tertiary/aromatic N) is 4. The van der Waals surface area contributed by atoms with Crippen molar-refractivity contribution in [3.8, 4) is 17.3 Å². The fourth-order valence-electron chi connectivity index (χ4n) is 3.10. The van der Waals surface area contributed by atoms with Gasteiger partial charge in [0.15, 0.2) is 0 Å². The molecule has 0 unspecified atom stereocenters. The second kappa shape index (κ2) is 7.58. The van der Waals surface area contributed by atoms with Gasteiger partial charge in [0.25, 0.3) is 0 Å². The van der Waals surface area contributed by atoms with Crippen molar-refractivity contribution in [2.24, 2.45) is 4.99 Å². The molecule has 4 rings (SSSR count). The van der Waals surface area contributed by atoms with E-state index in [1.807, 2.05) is 0 Å². The summed E-state index contributed by atoms with van der Waals surface area (Å²) in [6.45, 7) is 1.58. The van der Waals surface area contributed by atoms with Gasteiger partial charge in [-0.25, -0.2) is 9.36 Å². The number of aromatic nitrogens is 3. The van der Waals surface area contributed by atoms with Crippen LogP contribution in [-0.4, -0.2) is 44.5 Å². The van der Waals surface area contributed by atoms with E-state index in [-0.39, 0.29) is 18.1 Å². The average Bonchev–Trinajstić information content (AvgIpc) is 3.31. The molecule has 0 radical (unpaired) electrons. The first kappa shape index (κ1) is 19.6. The van der Waals surface area contributed by atoms with Crippen LogP contribution in [0.4, 0.5) is 13.2 Å². The number of imidazole rings is 1. The Morgan fingerprint density at radius 3 is 2.63 bits per heavy atom. The molecule has 0 atom stereocenters. The minimum Gasteiger partial charge on any atom is -0.493 e. The number of nitrogens with one attached hydrogen (secondary N) is 1. The molecule has 0 fully saturated rings. The van der Waals surface area contributed by atoms with Crippen LogP contribution in [0, 0.1) is 0 Å². The van der Waals surface area contributed by atoms with Crippen LogP contribution in [0.1, 0.15) is 11.3 Å². The molecule has 2 aromatic heterocycles.